The number of nitrogens with zero attached hydrogens (tertiary/aromatic N) is 2. The van der Waals surface area contributed by atoms with Crippen LogP contribution in [-0.2, 0) is 32.6 Å². The molecule has 0 fully saturated rings. The summed E-state index contributed by atoms with van der Waals surface area (Å²) in [5, 5.41) is 3.80. The highest BCUT2D eigenvalue weighted by Crippen LogP contribution is 2.33. The zero-order chi connectivity index (χ0) is 30.2. The summed E-state index contributed by atoms with van der Waals surface area (Å²) in [6, 6.07) is 19.8. The van der Waals surface area contributed by atoms with Crippen LogP contribution in [-0.4, -0.2) is 57.1 Å². The van der Waals surface area contributed by atoms with Crippen molar-refractivity contribution in [3.63, 3.8) is 0 Å². The predicted octanol–water partition coefficient (Wildman–Crippen LogP) is 5.32. The molecule has 0 aromatic heterocycles. The molecule has 3 aromatic carbocycles. The maximum Gasteiger partial charge on any atom is 0.244 e. The summed E-state index contributed by atoms with van der Waals surface area (Å²) in [6.07, 6.45) is 1.92. The molecule has 220 valence electrons. The Labute approximate surface area is 252 Å². The minimum atomic E-state index is -3.97. The van der Waals surface area contributed by atoms with Crippen LogP contribution in [0.3, 0.4) is 0 Å². The number of benzene rings is 3. The van der Waals surface area contributed by atoms with Gasteiger partial charge in [-0.3, -0.25) is 13.9 Å². The third kappa shape index (κ3) is 9.11. The Morgan fingerprint density at radius 3 is 2.17 bits per heavy atom. The van der Waals surface area contributed by atoms with E-state index in [9.17, 15) is 18.0 Å². The van der Waals surface area contributed by atoms with Gasteiger partial charge in [0.1, 0.15) is 18.3 Å². The quantitative estimate of drug-likeness (QED) is 0.279. The number of ether oxygens (including phenoxy) is 1. The summed E-state index contributed by atoms with van der Waals surface area (Å²) in [5.41, 5.74) is 1.69. The molecule has 0 aliphatic carbocycles. The normalized spacial score (nSPS) is 12.7. The maximum atomic E-state index is 14.2. The second-order valence-electron chi connectivity index (χ2n) is 9.76. The van der Waals surface area contributed by atoms with Crippen molar-refractivity contribution in [2.24, 2.45) is 0 Å². The first-order chi connectivity index (χ1) is 19.4. The van der Waals surface area contributed by atoms with Crippen LogP contribution >= 0.6 is 23.2 Å². The van der Waals surface area contributed by atoms with Gasteiger partial charge in [-0.25, -0.2) is 8.42 Å². The van der Waals surface area contributed by atoms with Crippen molar-refractivity contribution >= 4 is 50.7 Å². The highest BCUT2D eigenvalue weighted by molar-refractivity contribution is 7.92. The van der Waals surface area contributed by atoms with E-state index < -0.39 is 28.5 Å². The van der Waals surface area contributed by atoms with E-state index in [1.54, 1.807) is 30.3 Å². The lowest BCUT2D eigenvalue weighted by atomic mass is 10.0. The van der Waals surface area contributed by atoms with Gasteiger partial charge < -0.3 is 15.0 Å². The molecular formula is C30H35Cl2N3O5S. The van der Waals surface area contributed by atoms with E-state index in [4.69, 9.17) is 27.9 Å². The molecule has 0 aliphatic rings. The number of amides is 2. The molecule has 0 heterocycles. The molecular weight excluding hydrogens is 585 g/mol. The van der Waals surface area contributed by atoms with Gasteiger partial charge in [0.05, 0.1) is 19.1 Å². The zero-order valence-electron chi connectivity index (χ0n) is 23.5. The summed E-state index contributed by atoms with van der Waals surface area (Å²) in [7, 11) is -2.57. The SMILES string of the molecule is CCC(C)NC(=O)C(Cc1ccccc1)N(Cc1ccc(Cl)cc1)C(=O)CN(c1cc(Cl)ccc1OC)S(C)(=O)=O. The fraction of sp³-hybridized carbons (Fsp3) is 0.333. The van der Waals surface area contributed by atoms with Crippen LogP contribution < -0.4 is 14.4 Å². The van der Waals surface area contributed by atoms with E-state index >= 15 is 0 Å². The summed E-state index contributed by atoms with van der Waals surface area (Å²) in [4.78, 5) is 29.3. The molecule has 11 heteroatoms. The van der Waals surface area contributed by atoms with Crippen LogP contribution in [0.2, 0.25) is 10.0 Å². The van der Waals surface area contributed by atoms with Gasteiger partial charge in [-0.15, -0.1) is 0 Å². The maximum absolute atomic E-state index is 14.2. The Hall–Kier alpha value is -3.27. The Morgan fingerprint density at radius 2 is 1.59 bits per heavy atom. The lowest BCUT2D eigenvalue weighted by Gasteiger charge is -2.34. The Kier molecular flexibility index (Phi) is 11.5. The molecule has 3 aromatic rings. The second-order valence-corrected chi connectivity index (χ2v) is 12.5. The summed E-state index contributed by atoms with van der Waals surface area (Å²) in [5.74, 6) is -0.684. The van der Waals surface area contributed by atoms with Gasteiger partial charge in [-0.05, 0) is 54.8 Å². The van der Waals surface area contributed by atoms with Gasteiger partial charge in [0.15, 0.2) is 0 Å². The molecule has 0 saturated carbocycles. The van der Waals surface area contributed by atoms with Crippen molar-refractivity contribution < 1.29 is 22.7 Å². The van der Waals surface area contributed by atoms with Gasteiger partial charge in [0.2, 0.25) is 21.8 Å². The van der Waals surface area contributed by atoms with Gasteiger partial charge in [-0.1, -0.05) is 72.6 Å². The smallest absolute Gasteiger partial charge is 0.244 e. The van der Waals surface area contributed by atoms with Crippen LogP contribution in [0, 0.1) is 0 Å². The number of hydrogen-bond acceptors (Lipinski definition) is 5. The summed E-state index contributed by atoms with van der Waals surface area (Å²) in [6.45, 7) is 3.31. The average Bonchev–Trinajstić information content (AvgIpc) is 2.94. The predicted molar refractivity (Wildman–Crippen MR) is 164 cm³/mol. The minimum absolute atomic E-state index is 0.0473. The molecule has 0 saturated heterocycles. The molecule has 41 heavy (non-hydrogen) atoms. The van der Waals surface area contributed by atoms with E-state index in [0.29, 0.717) is 11.4 Å². The first-order valence-electron chi connectivity index (χ1n) is 13.1. The van der Waals surface area contributed by atoms with Crippen molar-refractivity contribution in [3.8, 4) is 5.75 Å². The first kappa shape index (κ1) is 32.2. The Morgan fingerprint density at radius 1 is 0.951 bits per heavy atom. The van der Waals surface area contributed by atoms with Gasteiger partial charge in [0, 0.05) is 29.1 Å². The van der Waals surface area contributed by atoms with E-state index in [-0.39, 0.29) is 41.4 Å². The van der Waals surface area contributed by atoms with Crippen LogP contribution in [0.5, 0.6) is 5.75 Å². The third-order valence-electron chi connectivity index (χ3n) is 6.63. The number of halogens is 2. The van der Waals surface area contributed by atoms with Gasteiger partial charge >= 0.3 is 0 Å². The first-order valence-corrected chi connectivity index (χ1v) is 15.7. The molecule has 0 aliphatic heterocycles. The molecule has 3 rings (SSSR count). The average molecular weight is 621 g/mol. The molecule has 2 atom stereocenters. The molecule has 8 nitrogen and oxygen atoms in total. The number of methoxy groups -OCH3 is 1. The number of anilines is 1. The lowest BCUT2D eigenvalue weighted by molar-refractivity contribution is -0.140. The van der Waals surface area contributed by atoms with Crippen molar-refractivity contribution in [1.82, 2.24) is 10.2 Å². The number of carbonyl (C=O) groups is 2. The largest absolute Gasteiger partial charge is 0.495 e. The third-order valence-corrected chi connectivity index (χ3v) is 8.24. The fourth-order valence-corrected chi connectivity index (χ4v) is 5.37. The standard InChI is InChI=1S/C30H35Cl2N3O5S/c1-5-21(2)33-30(37)27(17-22-9-7-6-8-10-22)34(19-23-11-13-24(31)14-12-23)29(36)20-35(41(4,38)39)26-18-25(32)15-16-28(26)40-3/h6-16,18,21,27H,5,17,19-20H2,1-4H3,(H,33,37). The van der Waals surface area contributed by atoms with Crippen molar-refractivity contribution in [1.29, 1.82) is 0 Å². The number of rotatable bonds is 13. The zero-order valence-corrected chi connectivity index (χ0v) is 25.8. The van der Waals surface area contributed by atoms with Gasteiger partial charge in [0.25, 0.3) is 0 Å². The molecule has 0 bridgehead atoms. The van der Waals surface area contributed by atoms with Crippen LogP contribution in [0.1, 0.15) is 31.4 Å². The number of hydrogen-bond donors (Lipinski definition) is 1. The van der Waals surface area contributed by atoms with Crippen LogP contribution in [0.4, 0.5) is 5.69 Å². The Bertz CT molecular complexity index is 1440. The van der Waals surface area contributed by atoms with Crippen molar-refractivity contribution in [2.75, 3.05) is 24.2 Å². The van der Waals surface area contributed by atoms with E-state index in [0.717, 1.165) is 21.7 Å². The molecule has 0 radical (unpaired) electrons. The molecule has 1 N–H and O–H groups in total. The fourth-order valence-electron chi connectivity index (χ4n) is 4.23. The molecule has 2 amide bonds. The Balaban J connectivity index is 2.10. The minimum Gasteiger partial charge on any atom is -0.495 e. The summed E-state index contributed by atoms with van der Waals surface area (Å²) >= 11 is 12.3. The number of carbonyl (C=O) groups excluding carboxylic acids is 2. The van der Waals surface area contributed by atoms with Crippen LogP contribution in [0.25, 0.3) is 0 Å². The number of nitrogens with one attached hydrogen (secondary N) is 1. The topological polar surface area (TPSA) is 96.0 Å². The lowest BCUT2D eigenvalue weighted by Crippen LogP contribution is -2.54. The van der Waals surface area contributed by atoms with E-state index in [1.165, 1.54) is 24.1 Å². The monoisotopic (exact) mass is 619 g/mol. The number of sulfonamides is 1. The highest BCUT2D eigenvalue weighted by atomic mass is 35.5. The van der Waals surface area contributed by atoms with Crippen LogP contribution in [0.15, 0.2) is 72.8 Å². The highest BCUT2D eigenvalue weighted by Gasteiger charge is 2.34. The molecule has 0 spiro atoms. The van der Waals surface area contributed by atoms with E-state index in [2.05, 4.69) is 5.32 Å². The van der Waals surface area contributed by atoms with Crippen molar-refractivity contribution in [2.45, 2.75) is 45.3 Å². The summed E-state index contributed by atoms with van der Waals surface area (Å²) < 4.78 is 32.3. The van der Waals surface area contributed by atoms with Gasteiger partial charge in [-0.2, -0.15) is 0 Å². The molecule has 2 unspecified atom stereocenters. The second kappa shape index (κ2) is 14.6. The van der Waals surface area contributed by atoms with E-state index in [1.807, 2.05) is 44.2 Å². The van der Waals surface area contributed by atoms with Crippen molar-refractivity contribution in [3.05, 3.63) is 94.0 Å².